The number of carbonyl (C=O) groups is 1. The molecule has 0 aliphatic carbocycles. The summed E-state index contributed by atoms with van der Waals surface area (Å²) in [5, 5.41) is 7.72. The van der Waals surface area contributed by atoms with Gasteiger partial charge in [0.1, 0.15) is 6.10 Å². The number of nitrogens with zero attached hydrogens (tertiary/aromatic N) is 2. The smallest absolute Gasteiger partial charge is 0.251 e. The van der Waals surface area contributed by atoms with Crippen molar-refractivity contribution in [2.24, 2.45) is 0 Å². The molecule has 5 heteroatoms. The molecule has 1 amide bonds. The van der Waals surface area contributed by atoms with Crippen LogP contribution in [0, 0.1) is 6.92 Å². The summed E-state index contributed by atoms with van der Waals surface area (Å²) in [7, 11) is 0. The topological polar surface area (TPSA) is 56.1 Å². The lowest BCUT2D eigenvalue weighted by molar-refractivity contribution is 0.0383. The van der Waals surface area contributed by atoms with Gasteiger partial charge in [0, 0.05) is 18.3 Å². The monoisotopic (exact) mass is 361 g/mol. The third-order valence-corrected chi connectivity index (χ3v) is 4.78. The maximum atomic E-state index is 12.4. The van der Waals surface area contributed by atoms with Gasteiger partial charge in [0.05, 0.1) is 18.8 Å². The van der Waals surface area contributed by atoms with Crippen molar-refractivity contribution in [3.05, 3.63) is 88.7 Å². The number of hydrogen-bond donors (Lipinski definition) is 1. The van der Waals surface area contributed by atoms with E-state index < -0.39 is 0 Å². The maximum Gasteiger partial charge on any atom is 0.251 e. The molecule has 3 aromatic rings. The minimum atomic E-state index is -0.209. The predicted octanol–water partition coefficient (Wildman–Crippen LogP) is 3.28. The largest absolute Gasteiger partial charge is 0.370 e. The number of aromatic nitrogens is 2. The van der Waals surface area contributed by atoms with E-state index in [2.05, 4.69) is 23.6 Å². The van der Waals surface area contributed by atoms with Gasteiger partial charge in [-0.05, 0) is 36.6 Å². The first-order valence-corrected chi connectivity index (χ1v) is 9.25. The highest BCUT2D eigenvalue weighted by molar-refractivity contribution is 5.94. The summed E-state index contributed by atoms with van der Waals surface area (Å²) in [6.07, 6.45) is 2.74. The van der Waals surface area contributed by atoms with E-state index in [1.165, 1.54) is 11.1 Å². The number of aryl methyl sites for hydroxylation is 1. The Kier molecular flexibility index (Phi) is 5.03. The molecule has 0 bridgehead atoms. The molecular formula is C22H23N3O2. The number of nitrogens with one attached hydrogen (secondary N) is 1. The van der Waals surface area contributed by atoms with Crippen molar-refractivity contribution < 1.29 is 9.53 Å². The van der Waals surface area contributed by atoms with Gasteiger partial charge >= 0.3 is 0 Å². The minimum absolute atomic E-state index is 0.0851. The fourth-order valence-corrected chi connectivity index (χ4v) is 3.41. The third kappa shape index (κ3) is 4.09. The van der Waals surface area contributed by atoms with Crippen molar-refractivity contribution in [3.63, 3.8) is 0 Å². The summed E-state index contributed by atoms with van der Waals surface area (Å²) in [6, 6.07) is 17.8. The van der Waals surface area contributed by atoms with E-state index in [4.69, 9.17) is 9.84 Å². The fourth-order valence-electron chi connectivity index (χ4n) is 3.41. The first kappa shape index (κ1) is 17.5. The normalized spacial score (nSPS) is 16.0. The van der Waals surface area contributed by atoms with Crippen LogP contribution in [0.4, 0.5) is 0 Å². The average Bonchev–Trinajstić information content (AvgIpc) is 3.10. The van der Waals surface area contributed by atoms with Gasteiger partial charge in [0.15, 0.2) is 0 Å². The Hall–Kier alpha value is -2.92. The first-order chi connectivity index (χ1) is 13.2. The first-order valence-electron chi connectivity index (χ1n) is 9.25. The van der Waals surface area contributed by atoms with Crippen LogP contribution in [0.1, 0.15) is 38.8 Å². The molecule has 0 radical (unpaired) electrons. The highest BCUT2D eigenvalue weighted by atomic mass is 16.5. The number of amides is 1. The van der Waals surface area contributed by atoms with Crippen LogP contribution < -0.4 is 5.32 Å². The van der Waals surface area contributed by atoms with E-state index in [0.29, 0.717) is 18.7 Å². The second-order valence-corrected chi connectivity index (χ2v) is 6.91. The van der Waals surface area contributed by atoms with Gasteiger partial charge in [0.2, 0.25) is 0 Å². The van der Waals surface area contributed by atoms with Crippen LogP contribution in [0.5, 0.6) is 0 Å². The fraction of sp³-hybridized carbons (Fsp3) is 0.273. The number of hydrogen-bond acceptors (Lipinski definition) is 3. The summed E-state index contributed by atoms with van der Waals surface area (Å²) in [5.41, 5.74) is 5.08. The quantitative estimate of drug-likeness (QED) is 0.759. The van der Waals surface area contributed by atoms with E-state index >= 15 is 0 Å². The standard InChI is InChI=1S/C22H23N3O2/c1-16-6-5-9-18(12-16)22(26)23-13-20-21-19(10-11-27-20)15-25(24-21)14-17-7-3-2-4-8-17/h2-9,12,15,20H,10-11,13-14H2,1H3,(H,23,26)/t20-/m0/s1. The van der Waals surface area contributed by atoms with E-state index in [1.54, 1.807) is 0 Å². The Bertz CT molecular complexity index is 934. The molecule has 2 heterocycles. The van der Waals surface area contributed by atoms with Gasteiger partial charge in [0.25, 0.3) is 5.91 Å². The SMILES string of the molecule is Cc1cccc(C(=O)NC[C@@H]2OCCc3cn(Cc4ccccc4)nc32)c1. The molecule has 0 saturated heterocycles. The number of rotatable bonds is 5. The lowest BCUT2D eigenvalue weighted by Gasteiger charge is -2.22. The Morgan fingerprint density at radius 2 is 2.07 bits per heavy atom. The van der Waals surface area contributed by atoms with Crippen LogP contribution >= 0.6 is 0 Å². The molecular weight excluding hydrogens is 338 g/mol. The minimum Gasteiger partial charge on any atom is -0.370 e. The van der Waals surface area contributed by atoms with Crippen molar-refractivity contribution in [3.8, 4) is 0 Å². The van der Waals surface area contributed by atoms with E-state index in [0.717, 1.165) is 24.2 Å². The molecule has 1 atom stereocenters. The van der Waals surface area contributed by atoms with Gasteiger partial charge in [-0.3, -0.25) is 9.48 Å². The van der Waals surface area contributed by atoms with Crippen molar-refractivity contribution in [2.45, 2.75) is 26.0 Å². The molecule has 27 heavy (non-hydrogen) atoms. The molecule has 0 unspecified atom stereocenters. The lowest BCUT2D eigenvalue weighted by atomic mass is 10.1. The Labute approximate surface area is 159 Å². The lowest BCUT2D eigenvalue weighted by Crippen LogP contribution is -2.32. The summed E-state index contributed by atoms with van der Waals surface area (Å²) < 4.78 is 7.85. The summed E-state index contributed by atoms with van der Waals surface area (Å²) in [6.45, 7) is 3.78. The molecule has 1 aliphatic heterocycles. The van der Waals surface area contributed by atoms with E-state index in [9.17, 15) is 4.79 Å². The van der Waals surface area contributed by atoms with Crippen LogP contribution in [0.3, 0.4) is 0 Å². The average molecular weight is 361 g/mol. The second kappa shape index (κ2) is 7.76. The van der Waals surface area contributed by atoms with Crippen molar-refractivity contribution >= 4 is 5.91 Å². The molecule has 1 aliphatic rings. The number of carbonyl (C=O) groups excluding carboxylic acids is 1. The van der Waals surface area contributed by atoms with E-state index in [1.807, 2.05) is 54.1 Å². The predicted molar refractivity (Wildman–Crippen MR) is 104 cm³/mol. The van der Waals surface area contributed by atoms with Crippen LogP contribution in [0.15, 0.2) is 60.8 Å². The Balaban J connectivity index is 1.44. The van der Waals surface area contributed by atoms with Crippen LogP contribution in [0.2, 0.25) is 0 Å². The van der Waals surface area contributed by atoms with E-state index in [-0.39, 0.29) is 12.0 Å². The van der Waals surface area contributed by atoms with Crippen molar-refractivity contribution in [1.29, 1.82) is 0 Å². The summed E-state index contributed by atoms with van der Waals surface area (Å²) in [5.74, 6) is -0.0851. The van der Waals surface area contributed by atoms with Crippen molar-refractivity contribution in [1.82, 2.24) is 15.1 Å². The summed E-state index contributed by atoms with van der Waals surface area (Å²) in [4.78, 5) is 12.4. The molecule has 0 fully saturated rings. The molecule has 2 aromatic carbocycles. The highest BCUT2D eigenvalue weighted by Gasteiger charge is 2.25. The molecule has 4 rings (SSSR count). The van der Waals surface area contributed by atoms with Gasteiger partial charge in [-0.1, -0.05) is 48.0 Å². The highest BCUT2D eigenvalue weighted by Crippen LogP contribution is 2.25. The van der Waals surface area contributed by atoms with Crippen LogP contribution in [0.25, 0.3) is 0 Å². The number of ether oxygens (including phenoxy) is 1. The zero-order valence-corrected chi connectivity index (χ0v) is 15.4. The summed E-state index contributed by atoms with van der Waals surface area (Å²) >= 11 is 0. The molecule has 138 valence electrons. The van der Waals surface area contributed by atoms with Gasteiger partial charge in [-0.15, -0.1) is 0 Å². The molecule has 0 spiro atoms. The zero-order chi connectivity index (χ0) is 18.6. The third-order valence-electron chi connectivity index (χ3n) is 4.78. The Morgan fingerprint density at radius 1 is 1.22 bits per heavy atom. The molecule has 5 nitrogen and oxygen atoms in total. The van der Waals surface area contributed by atoms with Crippen LogP contribution in [-0.4, -0.2) is 28.8 Å². The van der Waals surface area contributed by atoms with Gasteiger partial charge in [-0.2, -0.15) is 5.10 Å². The van der Waals surface area contributed by atoms with Crippen LogP contribution in [-0.2, 0) is 17.7 Å². The van der Waals surface area contributed by atoms with Gasteiger partial charge < -0.3 is 10.1 Å². The number of fused-ring (bicyclic) bond motifs is 1. The van der Waals surface area contributed by atoms with Crippen molar-refractivity contribution in [2.75, 3.05) is 13.2 Å². The molecule has 1 N–H and O–H groups in total. The molecule has 1 aromatic heterocycles. The maximum absolute atomic E-state index is 12.4. The number of benzene rings is 2. The Morgan fingerprint density at radius 3 is 2.89 bits per heavy atom. The molecule has 0 saturated carbocycles. The second-order valence-electron chi connectivity index (χ2n) is 6.91. The van der Waals surface area contributed by atoms with Gasteiger partial charge in [-0.25, -0.2) is 0 Å². The zero-order valence-electron chi connectivity index (χ0n) is 15.4.